The third kappa shape index (κ3) is 12.2. The second kappa shape index (κ2) is 20.8. The Hall–Kier alpha value is -6.16. The van der Waals surface area contributed by atoms with Crippen molar-refractivity contribution in [2.75, 3.05) is 45.1 Å². The van der Waals surface area contributed by atoms with E-state index in [1.54, 1.807) is 46.2 Å². The van der Waals surface area contributed by atoms with Crippen molar-refractivity contribution in [1.82, 2.24) is 25.8 Å². The van der Waals surface area contributed by atoms with Gasteiger partial charge in [-0.3, -0.25) is 4.79 Å². The number of carbonyl (C=O) groups is 4. The standard InChI is InChI=1S/C43H51N7O8/c44-24-33-7-4-8-34(23-33)27-47-41(52)49-18-20-50(21-19-49)43(54)57-29-36-17-22-55-40(38(36)56-28-32-5-2-1-3-6-32)58-42(53)48-26-30-9-13-35(14-10-30)39(51)46-25-31-11-15-37(45)16-12-31/h1-16,23,36,38,40H,17-22,24-29,44-45H2,(H,46,51)(H,47,52)(H,48,53)/t36-,38?,40+/m1/s1. The molecule has 6 rings (SSSR count). The number of nitrogen functional groups attached to an aromatic ring is 1. The summed E-state index contributed by atoms with van der Waals surface area (Å²) in [4.78, 5) is 55.0. The SMILES string of the molecule is NCc1cccc(CNC(=O)N2CCN(C(=O)OC[C@H]3CCO[C@@H](OC(=O)NCc4ccc(C(=O)NCc5ccc(N)cc5)cc4)C3OCc3ccccc3)CC2)c1. The molecule has 15 nitrogen and oxygen atoms in total. The predicted molar refractivity (Wildman–Crippen MR) is 216 cm³/mol. The van der Waals surface area contributed by atoms with Crippen LogP contribution in [-0.2, 0) is 51.7 Å². The fraction of sp³-hybridized carbons (Fsp3) is 0.349. The zero-order valence-corrected chi connectivity index (χ0v) is 32.3. The molecule has 4 aromatic carbocycles. The third-order valence-electron chi connectivity index (χ3n) is 10.0. The molecule has 1 unspecified atom stereocenters. The Balaban J connectivity index is 0.968. The van der Waals surface area contributed by atoms with E-state index in [9.17, 15) is 19.2 Å². The number of urea groups is 1. The van der Waals surface area contributed by atoms with Gasteiger partial charge in [-0.25, -0.2) is 14.4 Å². The van der Waals surface area contributed by atoms with Gasteiger partial charge in [-0.05, 0) is 58.5 Å². The molecule has 3 atom stereocenters. The zero-order valence-electron chi connectivity index (χ0n) is 32.3. The van der Waals surface area contributed by atoms with Gasteiger partial charge in [0.25, 0.3) is 5.91 Å². The molecule has 0 saturated carbocycles. The molecule has 2 aliphatic rings. The molecule has 2 heterocycles. The molecular weight excluding hydrogens is 743 g/mol. The number of benzene rings is 4. The smallest absolute Gasteiger partial charge is 0.409 e. The summed E-state index contributed by atoms with van der Waals surface area (Å²) >= 11 is 0. The number of nitrogens with two attached hydrogens (primary N) is 2. The van der Waals surface area contributed by atoms with E-state index < -0.39 is 24.6 Å². The summed E-state index contributed by atoms with van der Waals surface area (Å²) < 4.78 is 23.7. The molecule has 0 radical (unpaired) electrons. The lowest BCUT2D eigenvalue weighted by atomic mass is 9.96. The molecule has 0 spiro atoms. The number of carbonyl (C=O) groups excluding carboxylic acids is 4. The molecule has 4 aromatic rings. The van der Waals surface area contributed by atoms with Crippen LogP contribution in [0.5, 0.6) is 0 Å². The summed E-state index contributed by atoms with van der Waals surface area (Å²) in [7, 11) is 0. The van der Waals surface area contributed by atoms with Crippen LogP contribution in [0.3, 0.4) is 0 Å². The van der Waals surface area contributed by atoms with Crippen molar-refractivity contribution in [3.05, 3.63) is 137 Å². The van der Waals surface area contributed by atoms with Gasteiger partial charge in [0, 0.05) is 69.5 Å². The molecule has 2 saturated heterocycles. The summed E-state index contributed by atoms with van der Waals surface area (Å²) in [6.07, 6.45) is -2.49. The van der Waals surface area contributed by atoms with E-state index in [0.29, 0.717) is 63.5 Å². The summed E-state index contributed by atoms with van der Waals surface area (Å²) in [5.41, 5.74) is 17.2. The van der Waals surface area contributed by atoms with Gasteiger partial charge in [0.1, 0.15) is 6.10 Å². The van der Waals surface area contributed by atoms with E-state index in [-0.39, 0.29) is 44.2 Å². The van der Waals surface area contributed by atoms with Crippen LogP contribution in [0.15, 0.2) is 103 Å². The van der Waals surface area contributed by atoms with Crippen molar-refractivity contribution in [3.63, 3.8) is 0 Å². The molecule has 0 aliphatic carbocycles. The number of rotatable bonds is 14. The minimum atomic E-state index is -1.06. The minimum Gasteiger partial charge on any atom is -0.449 e. The number of nitrogens with one attached hydrogen (secondary N) is 3. The van der Waals surface area contributed by atoms with Crippen molar-refractivity contribution in [3.8, 4) is 0 Å². The maximum Gasteiger partial charge on any atom is 0.409 e. The van der Waals surface area contributed by atoms with Crippen LogP contribution in [0.1, 0.15) is 44.6 Å². The van der Waals surface area contributed by atoms with Crippen molar-refractivity contribution in [2.24, 2.45) is 11.7 Å². The molecule has 5 amide bonds. The normalized spacial score (nSPS) is 17.8. The largest absolute Gasteiger partial charge is 0.449 e. The van der Waals surface area contributed by atoms with E-state index in [2.05, 4.69) is 16.0 Å². The third-order valence-corrected chi connectivity index (χ3v) is 10.0. The first-order valence-electron chi connectivity index (χ1n) is 19.4. The first-order valence-corrected chi connectivity index (χ1v) is 19.4. The molecule has 7 N–H and O–H groups in total. The van der Waals surface area contributed by atoms with E-state index in [0.717, 1.165) is 27.8 Å². The van der Waals surface area contributed by atoms with E-state index in [1.807, 2.05) is 66.7 Å². The highest BCUT2D eigenvalue weighted by Crippen LogP contribution is 2.27. The topological polar surface area (TPSA) is 200 Å². The van der Waals surface area contributed by atoms with Crippen molar-refractivity contribution >= 4 is 29.8 Å². The molecular formula is C43H51N7O8. The monoisotopic (exact) mass is 793 g/mol. The molecule has 2 aliphatic heterocycles. The summed E-state index contributed by atoms with van der Waals surface area (Å²) in [6, 6.07) is 31.3. The number of alkyl carbamates (subject to hydrolysis) is 1. The molecule has 2 fully saturated rings. The highest BCUT2D eigenvalue weighted by atomic mass is 16.7. The number of piperazine rings is 1. The van der Waals surface area contributed by atoms with Crippen molar-refractivity contribution < 1.29 is 38.1 Å². The van der Waals surface area contributed by atoms with Gasteiger partial charge >= 0.3 is 18.2 Å². The maximum atomic E-state index is 13.2. The highest BCUT2D eigenvalue weighted by molar-refractivity contribution is 5.94. The van der Waals surface area contributed by atoms with Crippen LogP contribution in [-0.4, -0.2) is 85.7 Å². The molecule has 58 heavy (non-hydrogen) atoms. The van der Waals surface area contributed by atoms with E-state index in [1.165, 1.54) is 0 Å². The minimum absolute atomic E-state index is 0.0194. The Labute approximate surface area is 337 Å². The van der Waals surface area contributed by atoms with Crippen LogP contribution < -0.4 is 27.4 Å². The van der Waals surface area contributed by atoms with Crippen LogP contribution >= 0.6 is 0 Å². The second-order valence-corrected chi connectivity index (χ2v) is 14.2. The fourth-order valence-electron chi connectivity index (χ4n) is 6.61. The van der Waals surface area contributed by atoms with Crippen LogP contribution in [0.25, 0.3) is 0 Å². The number of amides is 5. The number of hydrogen-bond donors (Lipinski definition) is 5. The van der Waals surface area contributed by atoms with Gasteiger partial charge in [0.2, 0.25) is 6.29 Å². The van der Waals surface area contributed by atoms with Crippen LogP contribution in [0.4, 0.5) is 20.1 Å². The van der Waals surface area contributed by atoms with Gasteiger partial charge in [0.15, 0.2) is 0 Å². The van der Waals surface area contributed by atoms with Gasteiger partial charge in [-0.2, -0.15) is 0 Å². The average Bonchev–Trinajstić information content (AvgIpc) is 3.26. The summed E-state index contributed by atoms with van der Waals surface area (Å²) in [5.74, 6) is -0.557. The highest BCUT2D eigenvalue weighted by Gasteiger charge is 2.39. The fourth-order valence-corrected chi connectivity index (χ4v) is 6.61. The average molecular weight is 794 g/mol. The van der Waals surface area contributed by atoms with E-state index in [4.69, 9.17) is 30.4 Å². The Morgan fingerprint density at radius 1 is 0.707 bits per heavy atom. The van der Waals surface area contributed by atoms with Crippen LogP contribution in [0.2, 0.25) is 0 Å². The van der Waals surface area contributed by atoms with Gasteiger partial charge in [-0.1, -0.05) is 78.9 Å². The Kier molecular flexibility index (Phi) is 14.9. The van der Waals surface area contributed by atoms with Crippen molar-refractivity contribution in [2.45, 2.75) is 51.6 Å². The van der Waals surface area contributed by atoms with E-state index >= 15 is 0 Å². The quantitative estimate of drug-likeness (QED) is 0.113. The Bertz CT molecular complexity index is 1960. The van der Waals surface area contributed by atoms with Crippen molar-refractivity contribution in [1.29, 1.82) is 0 Å². The zero-order chi connectivity index (χ0) is 40.7. The Morgan fingerprint density at radius 3 is 2.07 bits per heavy atom. The van der Waals surface area contributed by atoms with Gasteiger partial charge < -0.3 is 56.2 Å². The second-order valence-electron chi connectivity index (χ2n) is 14.2. The lowest BCUT2D eigenvalue weighted by Gasteiger charge is -2.37. The first kappa shape index (κ1) is 41.5. The molecule has 0 bridgehead atoms. The van der Waals surface area contributed by atoms with Gasteiger partial charge in [-0.15, -0.1) is 0 Å². The predicted octanol–water partition coefficient (Wildman–Crippen LogP) is 4.50. The summed E-state index contributed by atoms with van der Waals surface area (Å²) in [5, 5.41) is 8.57. The van der Waals surface area contributed by atoms with Crippen LogP contribution in [0, 0.1) is 5.92 Å². The Morgan fingerprint density at radius 2 is 1.34 bits per heavy atom. The lowest BCUT2D eigenvalue weighted by molar-refractivity contribution is -0.228. The first-order chi connectivity index (χ1) is 28.2. The number of nitrogens with zero attached hydrogens (tertiary/aromatic N) is 2. The number of hydrogen-bond acceptors (Lipinski definition) is 10. The maximum absolute atomic E-state index is 13.2. The molecule has 306 valence electrons. The lowest BCUT2D eigenvalue weighted by Crippen LogP contribution is -2.53. The number of ether oxygens (including phenoxy) is 4. The molecule has 15 heteroatoms. The molecule has 0 aromatic heterocycles. The van der Waals surface area contributed by atoms with Gasteiger partial charge in [0.05, 0.1) is 19.8 Å². The number of anilines is 1. The summed E-state index contributed by atoms with van der Waals surface area (Å²) in [6.45, 7) is 3.19.